The van der Waals surface area contributed by atoms with Crippen molar-refractivity contribution in [2.75, 3.05) is 20.1 Å². The monoisotopic (exact) mass is 274 g/mol. The SMILES string of the molecule is CN=C(NCC(=O)NCc1ccccc1)NCC1CC1. The van der Waals surface area contributed by atoms with Gasteiger partial charge in [-0.2, -0.15) is 0 Å². The molecule has 1 aromatic carbocycles. The van der Waals surface area contributed by atoms with Crippen molar-refractivity contribution in [2.45, 2.75) is 19.4 Å². The lowest BCUT2D eigenvalue weighted by Crippen LogP contribution is -2.43. The van der Waals surface area contributed by atoms with Crippen LogP contribution in [0.5, 0.6) is 0 Å². The van der Waals surface area contributed by atoms with E-state index in [0.717, 1.165) is 18.0 Å². The van der Waals surface area contributed by atoms with E-state index in [0.29, 0.717) is 12.5 Å². The second-order valence-corrected chi connectivity index (χ2v) is 5.01. The number of rotatable bonds is 6. The van der Waals surface area contributed by atoms with Crippen LogP contribution in [0.15, 0.2) is 35.3 Å². The van der Waals surface area contributed by atoms with Crippen molar-refractivity contribution in [3.05, 3.63) is 35.9 Å². The summed E-state index contributed by atoms with van der Waals surface area (Å²) in [6.07, 6.45) is 2.59. The number of amides is 1. The largest absolute Gasteiger partial charge is 0.356 e. The number of hydrogen-bond donors (Lipinski definition) is 3. The lowest BCUT2D eigenvalue weighted by molar-refractivity contribution is -0.120. The Morgan fingerprint density at radius 2 is 1.95 bits per heavy atom. The Hall–Kier alpha value is -2.04. The fourth-order valence-corrected chi connectivity index (χ4v) is 1.81. The Bertz CT molecular complexity index is 454. The lowest BCUT2D eigenvalue weighted by Gasteiger charge is -2.11. The molecule has 1 aromatic rings. The molecule has 0 bridgehead atoms. The van der Waals surface area contributed by atoms with Gasteiger partial charge in [0.05, 0.1) is 6.54 Å². The standard InChI is InChI=1S/C15H22N4O/c1-16-15(18-10-13-7-8-13)19-11-14(20)17-9-12-5-3-2-4-6-12/h2-6,13H,7-11H2,1H3,(H,17,20)(H2,16,18,19). The number of benzene rings is 1. The molecular formula is C15H22N4O. The maximum absolute atomic E-state index is 11.7. The molecule has 2 rings (SSSR count). The first-order valence-corrected chi connectivity index (χ1v) is 7.03. The highest BCUT2D eigenvalue weighted by molar-refractivity contribution is 5.86. The number of carbonyl (C=O) groups is 1. The van der Waals surface area contributed by atoms with Gasteiger partial charge in [0.1, 0.15) is 0 Å². The summed E-state index contributed by atoms with van der Waals surface area (Å²) in [4.78, 5) is 15.8. The molecule has 108 valence electrons. The second-order valence-electron chi connectivity index (χ2n) is 5.01. The van der Waals surface area contributed by atoms with Crippen LogP contribution in [0, 0.1) is 5.92 Å². The smallest absolute Gasteiger partial charge is 0.239 e. The Labute approximate surface area is 119 Å². The molecular weight excluding hydrogens is 252 g/mol. The van der Waals surface area contributed by atoms with E-state index in [2.05, 4.69) is 20.9 Å². The fraction of sp³-hybridized carbons (Fsp3) is 0.467. The van der Waals surface area contributed by atoms with Crippen LogP contribution in [0.1, 0.15) is 18.4 Å². The van der Waals surface area contributed by atoms with Crippen LogP contribution in [0.2, 0.25) is 0 Å². The van der Waals surface area contributed by atoms with Crippen LogP contribution < -0.4 is 16.0 Å². The van der Waals surface area contributed by atoms with Crippen LogP contribution in [0.3, 0.4) is 0 Å². The van der Waals surface area contributed by atoms with Crippen LogP contribution in [-0.2, 0) is 11.3 Å². The molecule has 0 radical (unpaired) electrons. The molecule has 0 saturated heterocycles. The summed E-state index contributed by atoms with van der Waals surface area (Å²) in [6.45, 7) is 1.72. The van der Waals surface area contributed by atoms with Crippen LogP contribution in [-0.4, -0.2) is 32.0 Å². The summed E-state index contributed by atoms with van der Waals surface area (Å²) in [5.41, 5.74) is 1.09. The predicted molar refractivity (Wildman–Crippen MR) is 80.4 cm³/mol. The summed E-state index contributed by atoms with van der Waals surface area (Å²) in [6, 6.07) is 9.86. The van der Waals surface area contributed by atoms with Crippen molar-refractivity contribution in [3.8, 4) is 0 Å². The van der Waals surface area contributed by atoms with Crippen molar-refractivity contribution in [1.82, 2.24) is 16.0 Å². The minimum Gasteiger partial charge on any atom is -0.356 e. The molecule has 1 aliphatic carbocycles. The molecule has 1 amide bonds. The topological polar surface area (TPSA) is 65.5 Å². The summed E-state index contributed by atoms with van der Waals surface area (Å²) in [7, 11) is 1.71. The van der Waals surface area contributed by atoms with Gasteiger partial charge in [-0.3, -0.25) is 9.79 Å². The summed E-state index contributed by atoms with van der Waals surface area (Å²) >= 11 is 0. The number of hydrogen-bond acceptors (Lipinski definition) is 2. The molecule has 0 spiro atoms. The second kappa shape index (κ2) is 7.53. The van der Waals surface area contributed by atoms with Gasteiger partial charge in [0.2, 0.25) is 5.91 Å². The van der Waals surface area contributed by atoms with Crippen LogP contribution >= 0.6 is 0 Å². The van der Waals surface area contributed by atoms with Crippen LogP contribution in [0.4, 0.5) is 0 Å². The Morgan fingerprint density at radius 3 is 2.60 bits per heavy atom. The molecule has 0 aromatic heterocycles. The molecule has 0 heterocycles. The number of nitrogens with zero attached hydrogens (tertiary/aromatic N) is 1. The third-order valence-electron chi connectivity index (χ3n) is 3.23. The highest BCUT2D eigenvalue weighted by Crippen LogP contribution is 2.27. The first-order valence-electron chi connectivity index (χ1n) is 7.03. The number of carbonyl (C=O) groups excluding carboxylic acids is 1. The van der Waals surface area contributed by atoms with Crippen LogP contribution in [0.25, 0.3) is 0 Å². The van der Waals surface area contributed by atoms with E-state index >= 15 is 0 Å². The average molecular weight is 274 g/mol. The molecule has 0 atom stereocenters. The third kappa shape index (κ3) is 5.30. The van der Waals surface area contributed by atoms with E-state index < -0.39 is 0 Å². The van der Waals surface area contributed by atoms with Gasteiger partial charge in [0.25, 0.3) is 0 Å². The molecule has 0 unspecified atom stereocenters. The van der Waals surface area contributed by atoms with Gasteiger partial charge in [-0.15, -0.1) is 0 Å². The number of aliphatic imine (C=N–C) groups is 1. The van der Waals surface area contributed by atoms with Gasteiger partial charge >= 0.3 is 0 Å². The van der Waals surface area contributed by atoms with Crippen molar-refractivity contribution in [3.63, 3.8) is 0 Å². The molecule has 5 heteroatoms. The third-order valence-corrected chi connectivity index (χ3v) is 3.23. The summed E-state index contributed by atoms with van der Waals surface area (Å²) in [5, 5.41) is 9.11. The van der Waals surface area contributed by atoms with E-state index in [1.54, 1.807) is 7.05 Å². The predicted octanol–water partition coefficient (Wildman–Crippen LogP) is 0.878. The Kier molecular flexibility index (Phi) is 5.41. The normalized spacial score (nSPS) is 14.8. The highest BCUT2D eigenvalue weighted by Gasteiger charge is 2.21. The van der Waals surface area contributed by atoms with Gasteiger partial charge in [-0.25, -0.2) is 0 Å². The molecule has 20 heavy (non-hydrogen) atoms. The van der Waals surface area contributed by atoms with E-state index in [1.807, 2.05) is 30.3 Å². The fourth-order valence-electron chi connectivity index (χ4n) is 1.81. The van der Waals surface area contributed by atoms with E-state index in [1.165, 1.54) is 12.8 Å². The van der Waals surface area contributed by atoms with Gasteiger partial charge in [0.15, 0.2) is 5.96 Å². The van der Waals surface area contributed by atoms with Gasteiger partial charge in [0, 0.05) is 20.1 Å². The van der Waals surface area contributed by atoms with E-state index in [9.17, 15) is 4.79 Å². The minimum atomic E-state index is -0.0387. The maximum atomic E-state index is 11.7. The first-order chi connectivity index (χ1) is 9.78. The minimum absolute atomic E-state index is 0.0387. The van der Waals surface area contributed by atoms with Crippen molar-refractivity contribution in [1.29, 1.82) is 0 Å². The molecule has 1 saturated carbocycles. The molecule has 3 N–H and O–H groups in total. The van der Waals surface area contributed by atoms with E-state index in [4.69, 9.17) is 0 Å². The zero-order chi connectivity index (χ0) is 14.2. The quantitative estimate of drug-likeness (QED) is 0.533. The number of nitrogens with one attached hydrogen (secondary N) is 3. The van der Waals surface area contributed by atoms with E-state index in [-0.39, 0.29) is 12.5 Å². The molecule has 0 aliphatic heterocycles. The van der Waals surface area contributed by atoms with Gasteiger partial charge in [-0.1, -0.05) is 30.3 Å². The summed E-state index contributed by atoms with van der Waals surface area (Å²) < 4.78 is 0. The van der Waals surface area contributed by atoms with Crippen molar-refractivity contribution in [2.24, 2.45) is 10.9 Å². The Balaban J connectivity index is 1.63. The first kappa shape index (κ1) is 14.4. The lowest BCUT2D eigenvalue weighted by atomic mass is 10.2. The zero-order valence-electron chi connectivity index (χ0n) is 11.9. The van der Waals surface area contributed by atoms with Crippen molar-refractivity contribution < 1.29 is 4.79 Å². The average Bonchev–Trinajstić information content (AvgIpc) is 3.30. The molecule has 1 fully saturated rings. The number of guanidine groups is 1. The van der Waals surface area contributed by atoms with Gasteiger partial charge in [-0.05, 0) is 24.3 Å². The maximum Gasteiger partial charge on any atom is 0.239 e. The molecule has 1 aliphatic rings. The Morgan fingerprint density at radius 1 is 1.20 bits per heavy atom. The van der Waals surface area contributed by atoms with Gasteiger partial charge < -0.3 is 16.0 Å². The van der Waals surface area contributed by atoms with Crippen molar-refractivity contribution >= 4 is 11.9 Å². The molecule has 5 nitrogen and oxygen atoms in total. The zero-order valence-corrected chi connectivity index (χ0v) is 11.9. The highest BCUT2D eigenvalue weighted by atomic mass is 16.1. The summed E-state index contributed by atoms with van der Waals surface area (Å²) in [5.74, 6) is 1.43.